The minimum absolute atomic E-state index is 0.128. The molecule has 2 aliphatic rings. The Balaban J connectivity index is 2.13. The maximum Gasteiger partial charge on any atom is 0.243 e. The fourth-order valence-electron chi connectivity index (χ4n) is 3.94. The molecule has 0 unspecified atom stereocenters. The number of nitrogens with zero attached hydrogens (tertiary/aromatic N) is 1. The average molecular weight is 442 g/mol. The van der Waals surface area contributed by atoms with Crippen molar-refractivity contribution in [3.63, 3.8) is 0 Å². The van der Waals surface area contributed by atoms with Crippen LogP contribution in [0.3, 0.4) is 0 Å². The quantitative estimate of drug-likeness (QED) is 0.512. The maximum absolute atomic E-state index is 13.3. The molecule has 1 aliphatic carbocycles. The Morgan fingerprint density at radius 2 is 1.67 bits per heavy atom. The Hall–Kier alpha value is -1.69. The fraction of sp³-hybridized carbons (Fsp3) is 0.440. The molecule has 0 atom stereocenters. The summed E-state index contributed by atoms with van der Waals surface area (Å²) in [6.45, 7) is 22.8. The molecule has 0 aromatic heterocycles. The second kappa shape index (κ2) is 7.77. The molecule has 162 valence electrons. The van der Waals surface area contributed by atoms with Crippen LogP contribution in [0.5, 0.6) is 0 Å². The predicted octanol–water partition coefficient (Wildman–Crippen LogP) is 6.18. The third-order valence-electron chi connectivity index (χ3n) is 6.94. The number of benzene rings is 1. The van der Waals surface area contributed by atoms with Gasteiger partial charge in [0.2, 0.25) is 10.0 Å². The lowest BCUT2D eigenvalue weighted by Crippen LogP contribution is -2.41. The van der Waals surface area contributed by atoms with Gasteiger partial charge in [-0.15, -0.1) is 0 Å². The summed E-state index contributed by atoms with van der Waals surface area (Å²) >= 11 is 0. The monoisotopic (exact) mass is 441 g/mol. The minimum Gasteiger partial charge on any atom is -0.207 e. The summed E-state index contributed by atoms with van der Waals surface area (Å²) < 4.78 is 28.3. The topological polar surface area (TPSA) is 37.4 Å². The van der Waals surface area contributed by atoms with Crippen LogP contribution >= 0.6 is 0 Å². The first-order valence-corrected chi connectivity index (χ1v) is 15.1. The van der Waals surface area contributed by atoms with Gasteiger partial charge in [0.15, 0.2) is 0 Å². The van der Waals surface area contributed by atoms with E-state index in [1.54, 1.807) is 16.4 Å². The van der Waals surface area contributed by atoms with Crippen molar-refractivity contribution in [3.05, 3.63) is 76.6 Å². The van der Waals surface area contributed by atoms with E-state index in [9.17, 15) is 8.42 Å². The molecule has 30 heavy (non-hydrogen) atoms. The van der Waals surface area contributed by atoms with Gasteiger partial charge >= 0.3 is 0 Å². The lowest BCUT2D eigenvalue weighted by molar-refractivity contribution is 0.489. The summed E-state index contributed by atoms with van der Waals surface area (Å²) in [5.41, 5.74) is 5.79. The van der Waals surface area contributed by atoms with Gasteiger partial charge in [-0.1, -0.05) is 76.4 Å². The number of hydrogen-bond donors (Lipinski definition) is 0. The third kappa shape index (κ3) is 4.07. The Morgan fingerprint density at radius 3 is 2.13 bits per heavy atom. The van der Waals surface area contributed by atoms with Gasteiger partial charge in [-0.2, -0.15) is 4.31 Å². The van der Waals surface area contributed by atoms with Crippen molar-refractivity contribution >= 4 is 18.1 Å². The van der Waals surface area contributed by atoms with Crippen LogP contribution in [0, 0.1) is 6.92 Å². The summed E-state index contributed by atoms with van der Waals surface area (Å²) in [7, 11) is -5.52. The molecular formula is C25H35NO2SSi. The van der Waals surface area contributed by atoms with E-state index in [1.807, 2.05) is 25.1 Å². The van der Waals surface area contributed by atoms with Crippen molar-refractivity contribution in [2.24, 2.45) is 0 Å². The molecule has 0 spiro atoms. The van der Waals surface area contributed by atoms with E-state index >= 15 is 0 Å². The number of aryl methyl sites for hydroxylation is 1. The van der Waals surface area contributed by atoms with Gasteiger partial charge in [0.25, 0.3) is 0 Å². The highest BCUT2D eigenvalue weighted by molar-refractivity contribution is 7.89. The Kier molecular flexibility index (Phi) is 5.95. The first kappa shape index (κ1) is 23.0. The Morgan fingerprint density at radius 1 is 1.10 bits per heavy atom. The number of sulfonamides is 1. The van der Waals surface area contributed by atoms with E-state index in [1.165, 1.54) is 16.3 Å². The molecule has 3 rings (SSSR count). The maximum atomic E-state index is 13.3. The molecule has 0 radical (unpaired) electrons. The lowest BCUT2D eigenvalue weighted by atomic mass is 10.1. The van der Waals surface area contributed by atoms with Gasteiger partial charge in [0, 0.05) is 13.1 Å². The van der Waals surface area contributed by atoms with Crippen molar-refractivity contribution in [2.45, 2.75) is 63.6 Å². The molecule has 1 aromatic carbocycles. The smallest absolute Gasteiger partial charge is 0.207 e. The first-order valence-electron chi connectivity index (χ1n) is 10.6. The second-order valence-corrected chi connectivity index (χ2v) is 17.3. The fourth-order valence-corrected chi connectivity index (χ4v) is 8.06. The highest BCUT2D eigenvalue weighted by Crippen LogP contribution is 2.49. The highest BCUT2D eigenvalue weighted by atomic mass is 32.2. The van der Waals surface area contributed by atoms with Gasteiger partial charge in [0.1, 0.15) is 0 Å². The average Bonchev–Trinajstić information content (AvgIpc) is 3.41. The van der Waals surface area contributed by atoms with Crippen LogP contribution < -0.4 is 0 Å². The zero-order chi connectivity index (χ0) is 22.5. The van der Waals surface area contributed by atoms with E-state index in [0.717, 1.165) is 29.6 Å². The molecule has 1 aliphatic heterocycles. The van der Waals surface area contributed by atoms with Gasteiger partial charge in [-0.25, -0.2) is 8.42 Å². The van der Waals surface area contributed by atoms with Gasteiger partial charge in [-0.05, 0) is 58.9 Å². The summed E-state index contributed by atoms with van der Waals surface area (Å²) in [4.78, 5) is 0.348. The minimum atomic E-state index is -3.56. The lowest BCUT2D eigenvalue weighted by Gasteiger charge is -2.41. The predicted molar refractivity (Wildman–Crippen MR) is 130 cm³/mol. The van der Waals surface area contributed by atoms with Crippen LogP contribution in [0.1, 0.15) is 39.2 Å². The van der Waals surface area contributed by atoms with E-state index in [-0.39, 0.29) is 5.04 Å². The van der Waals surface area contributed by atoms with Crippen molar-refractivity contribution in [1.82, 2.24) is 4.31 Å². The van der Waals surface area contributed by atoms with Crippen molar-refractivity contribution in [2.75, 3.05) is 13.1 Å². The van der Waals surface area contributed by atoms with Crippen LogP contribution in [0.25, 0.3) is 0 Å². The Bertz CT molecular complexity index is 1050. The zero-order valence-electron chi connectivity index (χ0n) is 19.3. The van der Waals surface area contributed by atoms with Gasteiger partial charge < -0.3 is 0 Å². The summed E-state index contributed by atoms with van der Waals surface area (Å²) in [6, 6.07) is 7.10. The van der Waals surface area contributed by atoms with Crippen LogP contribution in [0.4, 0.5) is 0 Å². The Labute approximate surface area is 183 Å². The van der Waals surface area contributed by atoms with Crippen LogP contribution in [0.2, 0.25) is 18.1 Å². The van der Waals surface area contributed by atoms with Crippen molar-refractivity contribution in [1.29, 1.82) is 0 Å². The number of allylic oxidation sites excluding steroid dienone is 4. The molecule has 0 N–H and O–H groups in total. The normalized spacial score (nSPS) is 19.8. The molecule has 1 aromatic rings. The standard InChI is InChI=1S/C25H35NO2SSi/c1-9-22(20-12-13-20)24(30(7,8)25(4,5)6)23-17-26(16-19(23)3)29(27,28)21-14-10-18(2)11-15-21/h9-11,14-15H,1,3,12-13,16-17H2,2,4-8H3/b24-23+. The highest BCUT2D eigenvalue weighted by Gasteiger charge is 2.44. The second-order valence-electron chi connectivity index (χ2n) is 10.1. The number of rotatable bonds is 5. The first-order chi connectivity index (χ1) is 13.8. The van der Waals surface area contributed by atoms with E-state index in [0.29, 0.717) is 18.0 Å². The molecule has 1 heterocycles. The molecule has 2 fully saturated rings. The number of hydrogen-bond acceptors (Lipinski definition) is 2. The molecule has 3 nitrogen and oxygen atoms in total. The molecule has 0 bridgehead atoms. The summed E-state index contributed by atoms with van der Waals surface area (Å²) in [6.07, 6.45) is 4.23. The summed E-state index contributed by atoms with van der Waals surface area (Å²) in [5, 5.41) is 1.48. The summed E-state index contributed by atoms with van der Waals surface area (Å²) in [5.74, 6) is 0. The van der Waals surface area contributed by atoms with E-state index in [4.69, 9.17) is 0 Å². The molecular weight excluding hydrogens is 406 g/mol. The zero-order valence-corrected chi connectivity index (χ0v) is 21.1. The van der Waals surface area contributed by atoms with E-state index < -0.39 is 18.1 Å². The molecule has 1 saturated carbocycles. The van der Waals surface area contributed by atoms with Gasteiger partial charge in [0.05, 0.1) is 13.0 Å². The van der Waals surface area contributed by atoms with Gasteiger partial charge in [-0.3, -0.25) is 0 Å². The van der Waals surface area contributed by atoms with E-state index in [2.05, 4.69) is 47.0 Å². The molecule has 5 heteroatoms. The third-order valence-corrected chi connectivity index (χ3v) is 14.3. The van der Waals surface area contributed by atoms with Crippen molar-refractivity contribution < 1.29 is 8.42 Å². The van der Waals surface area contributed by atoms with Crippen LogP contribution in [0.15, 0.2) is 75.9 Å². The molecule has 1 saturated heterocycles. The van der Waals surface area contributed by atoms with Crippen LogP contribution in [-0.2, 0) is 10.0 Å². The van der Waals surface area contributed by atoms with Crippen molar-refractivity contribution in [3.8, 4) is 0 Å². The molecule has 0 amide bonds. The SMILES string of the molecule is C=CC(=C1CC1)/C(=C1/CN(S(=O)(=O)c2ccc(C)cc2)CC1=C)[Si](C)(C)C(C)(C)C. The largest absolute Gasteiger partial charge is 0.243 e. The van der Waals surface area contributed by atoms with Crippen LogP contribution in [-0.4, -0.2) is 33.9 Å².